The van der Waals surface area contributed by atoms with E-state index >= 15 is 0 Å². The molecule has 0 spiro atoms. The number of carbonyl (C=O) groups is 5. The van der Waals surface area contributed by atoms with E-state index in [0.717, 1.165) is 5.57 Å². The van der Waals surface area contributed by atoms with Crippen LogP contribution in [0, 0.1) is 53.8 Å². The zero-order chi connectivity index (χ0) is 53.5. The van der Waals surface area contributed by atoms with Gasteiger partial charge in [0.25, 0.3) is 11.7 Å². The second-order valence-corrected chi connectivity index (χ2v) is 23.6. The van der Waals surface area contributed by atoms with Crippen LogP contribution in [0.5, 0.6) is 0 Å². The molecule has 1 amide bonds. The highest BCUT2D eigenvalue weighted by Crippen LogP contribution is 2.39. The lowest BCUT2D eigenvalue weighted by atomic mass is 9.75. The number of hydrogen-bond acceptors (Lipinski definition) is 14. The minimum Gasteiger partial charge on any atom is -0.460 e. The summed E-state index contributed by atoms with van der Waals surface area (Å²) in [5, 5.41) is 23.5. The number of methoxy groups -OCH3 is 3. The van der Waals surface area contributed by atoms with Gasteiger partial charge in [0.2, 0.25) is 5.79 Å². The first-order chi connectivity index (χ1) is 34.0. The van der Waals surface area contributed by atoms with Gasteiger partial charge in [-0.2, -0.15) is 0 Å². The first kappa shape index (κ1) is 60.7. The van der Waals surface area contributed by atoms with E-state index in [1.54, 1.807) is 48.0 Å². The summed E-state index contributed by atoms with van der Waals surface area (Å²) in [4.78, 5) is 72.4. The number of terminal acetylenes is 1. The summed E-state index contributed by atoms with van der Waals surface area (Å²) >= 11 is 0. The molecule has 4 rings (SSSR count). The van der Waals surface area contributed by atoms with Crippen molar-refractivity contribution in [3.05, 3.63) is 47.6 Å². The van der Waals surface area contributed by atoms with Crippen molar-refractivity contribution in [3.63, 3.8) is 0 Å². The molecule has 0 aromatic rings. The summed E-state index contributed by atoms with van der Waals surface area (Å²) in [6.45, 7) is 12.6. The summed E-state index contributed by atoms with van der Waals surface area (Å²) in [5.41, 5.74) is 1.23. The van der Waals surface area contributed by atoms with Crippen LogP contribution < -0.4 is 0 Å². The van der Waals surface area contributed by atoms with Gasteiger partial charge in [-0.1, -0.05) is 71.1 Å². The number of rotatable bonds is 10. The first-order valence-electron chi connectivity index (χ1n) is 26.1. The summed E-state index contributed by atoms with van der Waals surface area (Å²) in [7, 11) is 1.10. The number of amides is 1. The lowest BCUT2D eigenvalue weighted by Crippen LogP contribution is -2.61. The fraction of sp³-hybridized carbons (Fsp3) is 0.732. The van der Waals surface area contributed by atoms with Gasteiger partial charge in [0.15, 0.2) is 15.6 Å². The van der Waals surface area contributed by atoms with E-state index in [0.29, 0.717) is 69.8 Å². The highest BCUT2D eigenvalue weighted by Gasteiger charge is 2.53. The fourth-order valence-corrected chi connectivity index (χ4v) is 12.7. The van der Waals surface area contributed by atoms with E-state index in [4.69, 9.17) is 30.1 Å². The zero-order valence-corrected chi connectivity index (χ0v) is 45.4. The van der Waals surface area contributed by atoms with Crippen molar-refractivity contribution in [1.29, 1.82) is 0 Å². The molecule has 3 fully saturated rings. The molecule has 2 N–H and O–H groups in total. The number of Topliss-reactive ketones (excluding diaryl/α,β-unsaturated/α-hetero) is 3. The third kappa shape index (κ3) is 16.6. The number of sulfone groups is 1. The zero-order valence-electron chi connectivity index (χ0n) is 44.6. The standard InChI is InChI=1S/C56H85NO14S/c1-12-13-27-72(65,66)34-43-24-23-42(31-49(43)68-10)30-38(5)48-33-46(58)37(4)29-40(7)51(60)52(69-11)50(59)39(6)28-35(2)19-15-14-16-20-36(3)47(67-9)32-44-25-22-41(8)56(64,71-44)53(61)54(62)57-26-18-17-21-45(57)55(63)70-48/h1,14-16,19-20,29,35,37-39,41-45,47-49,51-52,60,64H,13,17-18,21-28,30-34H2,2-11H3/b16-14+,19-15+,36-20+,40-29+/t35-,37-,38-,39-,41-,42+,43-,44+,45+,47+,48+,49-,51-,52+,56-/m1/s1. The van der Waals surface area contributed by atoms with E-state index < -0.39 is 93.5 Å². The van der Waals surface area contributed by atoms with Gasteiger partial charge < -0.3 is 38.8 Å². The third-order valence-electron chi connectivity index (χ3n) is 15.7. The molecule has 1 saturated carbocycles. The molecule has 0 unspecified atom stereocenters. The van der Waals surface area contributed by atoms with Crippen LogP contribution in [-0.2, 0) is 57.5 Å². The van der Waals surface area contributed by atoms with Crippen molar-refractivity contribution in [3.8, 4) is 12.3 Å². The molecular weight excluding hydrogens is 943 g/mol. The van der Waals surface area contributed by atoms with Gasteiger partial charge in [0.1, 0.15) is 30.1 Å². The summed E-state index contributed by atoms with van der Waals surface area (Å²) < 4.78 is 55.5. The lowest BCUT2D eigenvalue weighted by Gasteiger charge is -2.42. The number of hydrogen-bond donors (Lipinski definition) is 2. The number of cyclic esters (lactones) is 1. The molecular formula is C56H85NO14S. The average molecular weight is 1030 g/mol. The van der Waals surface area contributed by atoms with Crippen molar-refractivity contribution in [2.75, 3.05) is 39.4 Å². The van der Waals surface area contributed by atoms with Crippen LogP contribution in [-0.4, -0.2) is 141 Å². The van der Waals surface area contributed by atoms with E-state index in [1.807, 2.05) is 51.2 Å². The molecule has 2 saturated heterocycles. The van der Waals surface area contributed by atoms with Gasteiger partial charge in [0, 0.05) is 64.9 Å². The van der Waals surface area contributed by atoms with Gasteiger partial charge in [-0.25, -0.2) is 13.2 Å². The molecule has 0 radical (unpaired) electrons. The fourth-order valence-electron chi connectivity index (χ4n) is 11.0. The van der Waals surface area contributed by atoms with Crippen LogP contribution >= 0.6 is 0 Å². The SMILES string of the molecule is C#CCCS(=O)(=O)C[C@H]1CC[C@@H](C[C@@H](C)[C@@H]2CC(=O)[C@H](C)/C=C(\C)[C@@H](O)[C@@H](OC)C(=O)[C@H](C)C[C@H](C)/C=C/C=C/C=C(\C)[C@@H](OC)C[C@@H]3CC[C@@H](C)[C@@](O)(O3)C(=O)C(=O)N3CCCC[C@H]3C(=O)O2)C[C@H]1OC. The van der Waals surface area contributed by atoms with Gasteiger partial charge in [-0.3, -0.25) is 19.2 Å². The molecule has 0 aromatic heterocycles. The highest BCUT2D eigenvalue weighted by atomic mass is 32.2. The van der Waals surface area contributed by atoms with Crippen LogP contribution in [0.15, 0.2) is 47.6 Å². The molecule has 1 aliphatic carbocycles. The normalized spacial score (nSPS) is 37.7. The molecule has 15 nitrogen and oxygen atoms in total. The second-order valence-electron chi connectivity index (χ2n) is 21.4. The second kappa shape index (κ2) is 28.2. The minimum absolute atomic E-state index is 0.000439. The maximum atomic E-state index is 14.5. The summed E-state index contributed by atoms with van der Waals surface area (Å²) in [5.74, 6) is -6.36. The summed E-state index contributed by atoms with van der Waals surface area (Å²) in [6.07, 6.45) is 16.7. The molecule has 404 valence electrons. The molecule has 2 bridgehead atoms. The maximum absolute atomic E-state index is 14.5. The Morgan fingerprint density at radius 2 is 1.62 bits per heavy atom. The number of aliphatic hydroxyl groups is 2. The van der Waals surface area contributed by atoms with Gasteiger partial charge in [-0.15, -0.1) is 12.3 Å². The Labute approximate surface area is 429 Å². The Kier molecular flexibility index (Phi) is 23.8. The Hall–Kier alpha value is -3.82. The number of aliphatic hydroxyl groups excluding tert-OH is 1. The van der Waals surface area contributed by atoms with E-state index in [2.05, 4.69) is 5.92 Å². The summed E-state index contributed by atoms with van der Waals surface area (Å²) in [6, 6.07) is -1.18. The average Bonchev–Trinajstić information content (AvgIpc) is 3.35. The number of ether oxygens (including phenoxy) is 5. The van der Waals surface area contributed by atoms with E-state index in [1.165, 1.54) is 12.0 Å². The van der Waals surface area contributed by atoms with Crippen LogP contribution in [0.25, 0.3) is 0 Å². The number of allylic oxidation sites excluding steroid dienone is 6. The lowest BCUT2D eigenvalue weighted by molar-refractivity contribution is -0.265. The molecule has 4 aliphatic rings. The van der Waals surface area contributed by atoms with E-state index in [-0.39, 0.29) is 72.7 Å². The molecule has 0 aromatic carbocycles. The van der Waals surface area contributed by atoms with Crippen molar-refractivity contribution in [2.24, 2.45) is 41.4 Å². The third-order valence-corrected chi connectivity index (χ3v) is 17.4. The number of esters is 1. The number of fused-ring (bicyclic) bond motifs is 3. The van der Waals surface area contributed by atoms with E-state index in [9.17, 15) is 42.6 Å². The van der Waals surface area contributed by atoms with Gasteiger partial charge in [0.05, 0.1) is 29.8 Å². The number of nitrogens with zero attached hydrogens (tertiary/aromatic N) is 1. The number of carbonyl (C=O) groups excluding carboxylic acids is 5. The Morgan fingerprint density at radius 3 is 2.29 bits per heavy atom. The van der Waals surface area contributed by atoms with Crippen LogP contribution in [0.3, 0.4) is 0 Å². The topological polar surface area (TPSA) is 209 Å². The van der Waals surface area contributed by atoms with Crippen molar-refractivity contribution < 1.29 is 66.3 Å². The maximum Gasteiger partial charge on any atom is 0.329 e. The quantitative estimate of drug-likeness (QED) is 0.0991. The van der Waals surface area contributed by atoms with Crippen molar-refractivity contribution >= 4 is 39.1 Å². The number of ketones is 3. The Bertz CT molecular complexity index is 2140. The minimum atomic E-state index is -3.40. The molecule has 15 atom stereocenters. The first-order valence-corrected chi connectivity index (χ1v) is 27.9. The molecule has 16 heteroatoms. The predicted molar refractivity (Wildman–Crippen MR) is 275 cm³/mol. The molecule has 3 aliphatic heterocycles. The largest absolute Gasteiger partial charge is 0.460 e. The van der Waals surface area contributed by atoms with Gasteiger partial charge in [-0.05, 0) is 113 Å². The molecule has 3 heterocycles. The monoisotopic (exact) mass is 1030 g/mol. The smallest absolute Gasteiger partial charge is 0.329 e. The van der Waals surface area contributed by atoms with Crippen LogP contribution in [0.1, 0.15) is 132 Å². The Balaban J connectivity index is 1.70. The predicted octanol–water partition coefficient (Wildman–Crippen LogP) is 6.87. The Morgan fingerprint density at radius 1 is 0.903 bits per heavy atom. The van der Waals surface area contributed by atoms with Gasteiger partial charge >= 0.3 is 5.97 Å². The number of piperidine rings is 1. The van der Waals surface area contributed by atoms with Crippen molar-refractivity contribution in [2.45, 2.75) is 180 Å². The van der Waals surface area contributed by atoms with Crippen LogP contribution in [0.2, 0.25) is 0 Å². The molecule has 72 heavy (non-hydrogen) atoms. The van der Waals surface area contributed by atoms with Crippen molar-refractivity contribution in [1.82, 2.24) is 4.90 Å². The highest BCUT2D eigenvalue weighted by molar-refractivity contribution is 7.91. The van der Waals surface area contributed by atoms with Crippen LogP contribution in [0.4, 0.5) is 0 Å².